The average Bonchev–Trinajstić information content (AvgIpc) is 3.54. The number of fused-ring (bicyclic) bond motifs is 2. The Kier molecular flexibility index (Phi) is 6.08. The van der Waals surface area contributed by atoms with Crippen LogP contribution in [0, 0.1) is 0 Å². The Morgan fingerprint density at radius 3 is 2.55 bits per heavy atom. The smallest absolute Gasteiger partial charge is 0.229 e. The lowest BCUT2D eigenvalue weighted by molar-refractivity contribution is 0.100. The summed E-state index contributed by atoms with van der Waals surface area (Å²) < 4.78 is 8.07. The van der Waals surface area contributed by atoms with E-state index in [1.54, 1.807) is 31.3 Å². The summed E-state index contributed by atoms with van der Waals surface area (Å²) in [7, 11) is 0. The van der Waals surface area contributed by atoms with Crippen LogP contribution in [0.4, 0.5) is 11.6 Å². The van der Waals surface area contributed by atoms with Crippen molar-refractivity contribution < 1.29 is 14.3 Å². The Morgan fingerprint density at radius 2 is 1.84 bits per heavy atom. The van der Waals surface area contributed by atoms with E-state index in [1.807, 2.05) is 6.07 Å². The van der Waals surface area contributed by atoms with Gasteiger partial charge in [-0.3, -0.25) is 9.59 Å². The molecule has 10 heteroatoms. The fourth-order valence-corrected chi connectivity index (χ4v) is 5.57. The van der Waals surface area contributed by atoms with Gasteiger partial charge in [0, 0.05) is 47.9 Å². The first-order chi connectivity index (χ1) is 18.3. The summed E-state index contributed by atoms with van der Waals surface area (Å²) in [6.07, 6.45) is 6.00. The van der Waals surface area contributed by atoms with Gasteiger partial charge in [-0.2, -0.15) is 4.98 Å². The van der Waals surface area contributed by atoms with Crippen molar-refractivity contribution in [2.24, 2.45) is 0 Å². The molecule has 192 valence electrons. The molecule has 1 aliphatic rings. The molecular formula is C28H22Cl2N4O4. The molecule has 0 atom stereocenters. The number of aromatic nitrogens is 3. The first-order valence-electron chi connectivity index (χ1n) is 12.2. The van der Waals surface area contributed by atoms with Crippen molar-refractivity contribution >= 4 is 62.6 Å². The third kappa shape index (κ3) is 4.29. The first kappa shape index (κ1) is 24.5. The van der Waals surface area contributed by atoms with Crippen LogP contribution in [0.25, 0.3) is 33.3 Å². The summed E-state index contributed by atoms with van der Waals surface area (Å²) in [6.45, 7) is 1.57. The highest BCUT2D eigenvalue weighted by Crippen LogP contribution is 2.37. The molecule has 0 radical (unpaired) electrons. The monoisotopic (exact) mass is 548 g/mol. The second-order valence-corrected chi connectivity index (χ2v) is 10.3. The van der Waals surface area contributed by atoms with Gasteiger partial charge in [0.15, 0.2) is 17.0 Å². The minimum atomic E-state index is -0.239. The summed E-state index contributed by atoms with van der Waals surface area (Å²) in [6, 6.07) is 11.5. The molecule has 0 amide bonds. The predicted octanol–water partition coefficient (Wildman–Crippen LogP) is 7.28. The van der Waals surface area contributed by atoms with Gasteiger partial charge in [0.2, 0.25) is 5.95 Å². The standard InChI is InChI=1S/C28H22Cl2N4O4/c1-14(35)22-10-16-13-31-28(33-27(16)34(22)18-4-2-3-5-18)32-17-6-7-19-23(36)12-24(38-25(19)11-17)15-8-20(29)26(37)21(30)9-15/h6-13,18,37H,2-5H2,1H3,(H,31,32,33). The van der Waals surface area contributed by atoms with E-state index in [0.29, 0.717) is 33.9 Å². The molecule has 0 bridgehead atoms. The van der Waals surface area contributed by atoms with Crippen molar-refractivity contribution in [1.29, 1.82) is 0 Å². The van der Waals surface area contributed by atoms with E-state index in [2.05, 4.69) is 14.9 Å². The highest BCUT2D eigenvalue weighted by molar-refractivity contribution is 6.37. The summed E-state index contributed by atoms with van der Waals surface area (Å²) in [4.78, 5) is 34.3. The van der Waals surface area contributed by atoms with Crippen LogP contribution in [0.15, 0.2) is 57.9 Å². The molecule has 2 N–H and O–H groups in total. The SMILES string of the molecule is CC(=O)c1cc2cnc(Nc3ccc4c(=O)cc(-c5cc(Cl)c(O)c(Cl)c5)oc4c3)nc2n1C1CCCC1. The van der Waals surface area contributed by atoms with Gasteiger partial charge in [-0.15, -0.1) is 0 Å². The van der Waals surface area contributed by atoms with E-state index in [9.17, 15) is 14.7 Å². The van der Waals surface area contributed by atoms with Crippen molar-refractivity contribution in [1.82, 2.24) is 14.5 Å². The van der Waals surface area contributed by atoms with Gasteiger partial charge in [0.05, 0.1) is 21.1 Å². The number of anilines is 2. The van der Waals surface area contributed by atoms with Crippen LogP contribution in [-0.4, -0.2) is 25.4 Å². The highest BCUT2D eigenvalue weighted by atomic mass is 35.5. The molecule has 5 aromatic rings. The maximum atomic E-state index is 12.8. The Morgan fingerprint density at radius 1 is 1.11 bits per heavy atom. The predicted molar refractivity (Wildman–Crippen MR) is 148 cm³/mol. The minimum absolute atomic E-state index is 0.000903. The number of nitrogens with one attached hydrogen (secondary N) is 1. The molecule has 38 heavy (non-hydrogen) atoms. The Hall–Kier alpha value is -3.88. The third-order valence-corrected chi connectivity index (χ3v) is 7.49. The molecule has 3 heterocycles. The van der Waals surface area contributed by atoms with Crippen LogP contribution in [-0.2, 0) is 0 Å². The highest BCUT2D eigenvalue weighted by Gasteiger charge is 2.24. The molecule has 6 rings (SSSR count). The molecule has 1 aliphatic carbocycles. The number of ketones is 1. The maximum Gasteiger partial charge on any atom is 0.229 e. The normalized spacial score (nSPS) is 14.0. The minimum Gasteiger partial charge on any atom is -0.505 e. The molecule has 2 aromatic carbocycles. The maximum absolute atomic E-state index is 12.8. The number of aromatic hydroxyl groups is 1. The molecule has 8 nitrogen and oxygen atoms in total. The van der Waals surface area contributed by atoms with Crippen molar-refractivity contribution in [2.75, 3.05) is 5.32 Å². The number of halogens is 2. The summed E-state index contributed by atoms with van der Waals surface area (Å²) in [5.74, 6) is 0.381. The summed E-state index contributed by atoms with van der Waals surface area (Å²) >= 11 is 12.1. The zero-order chi connectivity index (χ0) is 26.6. The van der Waals surface area contributed by atoms with E-state index in [1.165, 1.54) is 18.2 Å². The van der Waals surface area contributed by atoms with Crippen LogP contribution in [0.5, 0.6) is 5.75 Å². The zero-order valence-corrected chi connectivity index (χ0v) is 21.8. The van der Waals surface area contributed by atoms with Gasteiger partial charge in [-0.25, -0.2) is 4.98 Å². The van der Waals surface area contributed by atoms with Crippen LogP contribution in [0.1, 0.15) is 49.1 Å². The average molecular weight is 549 g/mol. The first-order valence-corrected chi connectivity index (χ1v) is 13.0. The second kappa shape index (κ2) is 9.45. The number of hydrogen-bond donors (Lipinski definition) is 2. The molecule has 1 saturated carbocycles. The van der Waals surface area contributed by atoms with E-state index < -0.39 is 0 Å². The van der Waals surface area contributed by atoms with E-state index in [-0.39, 0.29) is 38.8 Å². The van der Waals surface area contributed by atoms with Gasteiger partial charge in [0.1, 0.15) is 17.0 Å². The van der Waals surface area contributed by atoms with Crippen molar-refractivity contribution in [3.8, 4) is 17.1 Å². The summed E-state index contributed by atoms with van der Waals surface area (Å²) in [5, 5.41) is 14.4. The molecule has 1 fully saturated rings. The molecular weight excluding hydrogens is 527 g/mol. The Bertz CT molecular complexity index is 1780. The van der Waals surface area contributed by atoms with E-state index >= 15 is 0 Å². The lowest BCUT2D eigenvalue weighted by Gasteiger charge is -2.16. The van der Waals surface area contributed by atoms with Gasteiger partial charge in [0.25, 0.3) is 0 Å². The number of phenols is 1. The topological polar surface area (TPSA) is 110 Å². The number of hydrogen-bond acceptors (Lipinski definition) is 7. The second-order valence-electron chi connectivity index (χ2n) is 9.47. The quantitative estimate of drug-likeness (QED) is 0.222. The van der Waals surface area contributed by atoms with Crippen LogP contribution < -0.4 is 10.7 Å². The molecule has 3 aromatic heterocycles. The third-order valence-electron chi connectivity index (χ3n) is 6.91. The van der Waals surface area contributed by atoms with Gasteiger partial charge < -0.3 is 19.4 Å². The number of nitrogens with zero attached hydrogens (tertiary/aromatic N) is 3. The molecule has 0 spiro atoms. The van der Waals surface area contributed by atoms with Crippen molar-refractivity contribution in [2.45, 2.75) is 38.6 Å². The molecule has 0 aliphatic heterocycles. The van der Waals surface area contributed by atoms with Gasteiger partial charge >= 0.3 is 0 Å². The number of Topliss-reactive ketones (excluding diaryl/α,β-unsaturated/α-hetero) is 1. The summed E-state index contributed by atoms with van der Waals surface area (Å²) in [5.41, 5.74) is 2.54. The number of phenolic OH excluding ortho intramolecular Hbond substituents is 1. The Labute approximate surface area is 226 Å². The van der Waals surface area contributed by atoms with Crippen LogP contribution in [0.2, 0.25) is 10.0 Å². The number of benzene rings is 2. The number of carbonyl (C=O) groups is 1. The van der Waals surface area contributed by atoms with Gasteiger partial charge in [-0.05, 0) is 43.2 Å². The van der Waals surface area contributed by atoms with E-state index in [4.69, 9.17) is 32.6 Å². The lowest BCUT2D eigenvalue weighted by Crippen LogP contribution is -2.12. The fourth-order valence-electron chi connectivity index (χ4n) is 5.08. The number of rotatable bonds is 5. The van der Waals surface area contributed by atoms with Crippen LogP contribution in [0.3, 0.4) is 0 Å². The van der Waals surface area contributed by atoms with Crippen molar-refractivity contribution in [3.63, 3.8) is 0 Å². The Balaban J connectivity index is 1.39. The van der Waals surface area contributed by atoms with Crippen molar-refractivity contribution in [3.05, 3.63) is 74.6 Å². The number of carbonyl (C=O) groups excluding carboxylic acids is 1. The lowest BCUT2D eigenvalue weighted by atomic mass is 10.1. The molecule has 0 saturated heterocycles. The van der Waals surface area contributed by atoms with Gasteiger partial charge in [-0.1, -0.05) is 36.0 Å². The zero-order valence-electron chi connectivity index (χ0n) is 20.3. The van der Waals surface area contributed by atoms with Crippen LogP contribution >= 0.6 is 23.2 Å². The largest absolute Gasteiger partial charge is 0.505 e. The van der Waals surface area contributed by atoms with E-state index in [0.717, 1.165) is 36.7 Å². The molecule has 0 unspecified atom stereocenters. The fraction of sp³-hybridized carbons (Fsp3) is 0.214.